The number of nitrogens with one attached hydrogen (secondary N) is 1. The Morgan fingerprint density at radius 3 is 2.58 bits per heavy atom. The molecule has 2 fully saturated rings. The van der Waals surface area contributed by atoms with Crippen molar-refractivity contribution in [2.24, 2.45) is 0 Å². The van der Waals surface area contributed by atoms with E-state index in [9.17, 15) is 28.3 Å². The summed E-state index contributed by atoms with van der Waals surface area (Å²) in [6.45, 7) is 0.666. The van der Waals surface area contributed by atoms with Gasteiger partial charge in [0.15, 0.2) is 0 Å². The molecule has 0 radical (unpaired) electrons. The second kappa shape index (κ2) is 14.4. The van der Waals surface area contributed by atoms with E-state index in [-0.39, 0.29) is 32.5 Å². The molecule has 0 bridgehead atoms. The quantitative estimate of drug-likeness (QED) is 0.148. The second-order valence-corrected chi connectivity index (χ2v) is 19.4. The van der Waals surface area contributed by atoms with E-state index >= 15 is 0 Å². The van der Waals surface area contributed by atoms with E-state index in [1.807, 2.05) is 38.4 Å². The van der Waals surface area contributed by atoms with Gasteiger partial charge in [-0.05, 0) is 0 Å². The number of para-hydroxylation sites is 2. The predicted octanol–water partition coefficient (Wildman–Crippen LogP) is 6.70. The number of carbonyl (C=O) groups is 2. The Labute approximate surface area is 286 Å². The third-order valence-electron chi connectivity index (χ3n) is 8.62. The maximum atomic E-state index is 14.3. The summed E-state index contributed by atoms with van der Waals surface area (Å²) in [5, 5.41) is 9.94. The molecule has 2 aliphatic rings. The van der Waals surface area contributed by atoms with E-state index in [1.165, 1.54) is 6.07 Å². The zero-order chi connectivity index (χ0) is 32.5. The number of benzene rings is 2. The number of halogens is 5. The molecule has 2 atom stereocenters. The molecule has 0 spiro atoms. The molecule has 2 saturated heterocycles. The van der Waals surface area contributed by atoms with Gasteiger partial charge in [0.1, 0.15) is 0 Å². The number of hydrogen-bond acceptors (Lipinski definition) is 6. The van der Waals surface area contributed by atoms with Crippen LogP contribution in [-0.4, -0.2) is 82.5 Å². The van der Waals surface area contributed by atoms with Crippen LogP contribution in [0.15, 0.2) is 41.2 Å². The van der Waals surface area contributed by atoms with Gasteiger partial charge in [-0.1, -0.05) is 6.07 Å². The summed E-state index contributed by atoms with van der Waals surface area (Å²) < 4.78 is 34.4. The first-order valence-electron chi connectivity index (χ1n) is 14.9. The first kappa shape index (κ1) is 34.4. The number of aromatic hydroxyl groups is 1. The standard InChI is InChI=1S/C31H37ClF2I2N4O5/c1-38(2)20-6-5-12-36(13-9-20)28(42)26(18-19-16-22(31(33,34)35)27(41)23(32)17-19)45-30(44)39-14-10-21(11-15-39)40-25-8-4-3-7-24(25)37-29(40)43/h3-4,7-8,16-17,20-21,26,41H,5-6,9-15,18H2,1-2H3,(H,37,43)/t20?,26-/m1/s1. The molecule has 2 aromatic carbocycles. The number of aromatic nitrogens is 2. The number of ether oxygens (including phenoxy) is 1. The van der Waals surface area contributed by atoms with Crippen LogP contribution in [0, 0.1) is 0 Å². The minimum absolute atomic E-state index is 0.0841. The number of hydrogen-bond donors (Lipinski definition) is 2. The molecule has 3 heterocycles. The van der Waals surface area contributed by atoms with Gasteiger partial charge in [-0.15, -0.1) is 0 Å². The van der Waals surface area contributed by atoms with E-state index in [4.69, 9.17) is 16.3 Å². The van der Waals surface area contributed by atoms with Gasteiger partial charge in [0.25, 0.3) is 0 Å². The minimum atomic E-state index is -3.40. The van der Waals surface area contributed by atoms with E-state index in [2.05, 4.69) is 9.88 Å². The van der Waals surface area contributed by atoms with Crippen molar-refractivity contribution >= 4 is 74.9 Å². The number of rotatable bonds is 8. The number of piperidine rings is 1. The number of alkyl halides is 5. The van der Waals surface area contributed by atoms with Crippen molar-refractivity contribution in [1.29, 1.82) is 0 Å². The maximum absolute atomic E-state index is 14.3. The van der Waals surface area contributed by atoms with Crippen molar-refractivity contribution in [3.05, 3.63) is 63.0 Å². The Balaban J connectivity index is 1.34. The number of likely N-dealkylation sites (tertiary alicyclic amines) is 1. The van der Waals surface area contributed by atoms with Crippen LogP contribution in [0.1, 0.15) is 49.3 Å². The number of fused-ring (bicyclic) bond motifs is 1. The molecule has 45 heavy (non-hydrogen) atoms. The molecule has 2 N–H and O–H groups in total. The summed E-state index contributed by atoms with van der Waals surface area (Å²) in [6.07, 6.45) is 1.95. The third kappa shape index (κ3) is 7.95. The van der Waals surface area contributed by atoms with E-state index in [1.54, 1.807) is 9.47 Å². The van der Waals surface area contributed by atoms with Crippen LogP contribution in [0.2, 0.25) is 5.02 Å². The van der Waals surface area contributed by atoms with Crippen molar-refractivity contribution in [1.82, 2.24) is 19.4 Å². The monoisotopic (exact) mass is 872 g/mol. The third-order valence-corrected chi connectivity index (χ3v) is 15.7. The molecule has 0 aliphatic carbocycles. The molecular weight excluding hydrogens is 836 g/mol. The Hall–Kier alpha value is -1.98. The van der Waals surface area contributed by atoms with Gasteiger partial charge in [0, 0.05) is 0 Å². The van der Waals surface area contributed by atoms with Crippen molar-refractivity contribution in [2.75, 3.05) is 36.0 Å². The molecule has 3 aromatic rings. The fraction of sp³-hybridized carbons (Fsp3) is 0.516. The summed E-state index contributed by atoms with van der Waals surface area (Å²) in [5.41, 5.74) is 0.995. The summed E-state index contributed by atoms with van der Waals surface area (Å²) in [5.74, 6) is -0.717. The topological polar surface area (TPSA) is 108 Å². The van der Waals surface area contributed by atoms with Gasteiger partial charge in [-0.25, -0.2) is 0 Å². The second-order valence-electron chi connectivity index (χ2n) is 11.8. The first-order valence-corrected chi connectivity index (χ1v) is 20.5. The van der Waals surface area contributed by atoms with Crippen molar-refractivity contribution in [3.8, 4) is 5.75 Å². The van der Waals surface area contributed by atoms with Crippen molar-refractivity contribution in [2.45, 2.75) is 60.6 Å². The van der Waals surface area contributed by atoms with Crippen LogP contribution in [0.4, 0.5) is 13.6 Å². The van der Waals surface area contributed by atoms with Crippen molar-refractivity contribution < 1.29 is 28.2 Å². The number of nitrogens with zero attached hydrogens (tertiary/aromatic N) is 3. The number of carbonyl (C=O) groups excluding carboxylic acids is 2. The summed E-state index contributed by atoms with van der Waals surface area (Å²) >= 11 is 4.81. The average molecular weight is 873 g/mol. The number of phenols is 1. The molecule has 1 amide bonds. The first-order chi connectivity index (χ1) is 21.3. The Morgan fingerprint density at radius 1 is 1.18 bits per heavy atom. The molecular formula is C31H37ClF2I2N4O5. The fourth-order valence-corrected chi connectivity index (χ4v) is 12.6. The number of imidazole rings is 1. The van der Waals surface area contributed by atoms with E-state index < -0.39 is 47.3 Å². The number of amides is 1. The normalized spacial score (nSPS) is 19.9. The van der Waals surface area contributed by atoms with Gasteiger partial charge >= 0.3 is 282 Å². The molecule has 2 aliphatic heterocycles. The summed E-state index contributed by atoms with van der Waals surface area (Å²) in [4.78, 5) is 46.9. The molecule has 1 unspecified atom stereocenters. The van der Waals surface area contributed by atoms with Crippen LogP contribution in [-0.2, 0) is 19.9 Å². The molecule has 0 saturated carbocycles. The van der Waals surface area contributed by atoms with Crippen LogP contribution >= 0.6 is 54.0 Å². The zero-order valence-electron chi connectivity index (χ0n) is 25.1. The SMILES string of the molecule is CN(C)C1CCCI(C(=O)[C@@H](Cc2cc(Cl)c(O)c(C(F)(F)I)c2)OC(=O)N2CCC(n3c(=O)[nH]c4ccccc43)CC2)CC1. The molecule has 246 valence electrons. The van der Waals surface area contributed by atoms with Gasteiger partial charge in [-0.2, -0.15) is 0 Å². The number of H-pyrrole nitrogens is 1. The van der Waals surface area contributed by atoms with Crippen LogP contribution in [0.3, 0.4) is 0 Å². The van der Waals surface area contributed by atoms with Crippen LogP contribution in [0.25, 0.3) is 11.0 Å². The predicted molar refractivity (Wildman–Crippen MR) is 187 cm³/mol. The Bertz CT molecular complexity index is 1600. The number of aromatic amines is 1. The molecule has 1 aromatic heterocycles. The van der Waals surface area contributed by atoms with Gasteiger partial charge in [-0.3, -0.25) is 0 Å². The Morgan fingerprint density at radius 2 is 1.89 bits per heavy atom. The van der Waals surface area contributed by atoms with E-state index in [0.717, 1.165) is 67.8 Å². The van der Waals surface area contributed by atoms with Gasteiger partial charge in [0.2, 0.25) is 0 Å². The average Bonchev–Trinajstić information content (AvgIpc) is 3.14. The van der Waals surface area contributed by atoms with Crippen LogP contribution in [0.5, 0.6) is 5.75 Å². The van der Waals surface area contributed by atoms with Gasteiger partial charge in [0.05, 0.1) is 0 Å². The molecule has 14 heteroatoms. The summed E-state index contributed by atoms with van der Waals surface area (Å²) in [7, 11) is 4.07. The zero-order valence-corrected chi connectivity index (χ0v) is 30.1. The van der Waals surface area contributed by atoms with E-state index in [0.29, 0.717) is 32.0 Å². The van der Waals surface area contributed by atoms with Crippen molar-refractivity contribution in [3.63, 3.8) is 0 Å². The van der Waals surface area contributed by atoms with Crippen LogP contribution < -0.4 is 5.69 Å². The number of phenolic OH excluding ortho intramolecular Hbond substituents is 1. The molecule has 9 nitrogen and oxygen atoms in total. The summed E-state index contributed by atoms with van der Waals surface area (Å²) in [6, 6.07) is 10.2. The molecule has 5 rings (SSSR count). The Kier molecular flexibility index (Phi) is 11.0. The van der Waals surface area contributed by atoms with Gasteiger partial charge < -0.3 is 0 Å². The fourth-order valence-electron chi connectivity index (χ4n) is 6.16.